The summed E-state index contributed by atoms with van der Waals surface area (Å²) in [7, 11) is 0. The van der Waals surface area contributed by atoms with Crippen LogP contribution >= 0.6 is 11.6 Å². The van der Waals surface area contributed by atoms with Gasteiger partial charge in [0.15, 0.2) is 5.78 Å². The molecule has 0 atom stereocenters. The number of ketones is 1. The fourth-order valence-electron chi connectivity index (χ4n) is 1.80. The molecule has 4 nitrogen and oxygen atoms in total. The zero-order valence-electron chi connectivity index (χ0n) is 10.5. The van der Waals surface area contributed by atoms with Gasteiger partial charge in [-0.05, 0) is 29.8 Å². The number of carbonyl (C=O) groups is 1. The molecule has 0 bridgehead atoms. The molecule has 0 N–H and O–H groups in total. The summed E-state index contributed by atoms with van der Waals surface area (Å²) in [6.07, 6.45) is -0.202. The summed E-state index contributed by atoms with van der Waals surface area (Å²) in [6.45, 7) is 0. The topological polar surface area (TPSA) is 60.2 Å². The molecule has 0 amide bonds. The van der Waals surface area contributed by atoms with Crippen LogP contribution in [-0.2, 0) is 6.42 Å². The maximum Gasteiger partial charge on any atom is 0.305 e. The summed E-state index contributed by atoms with van der Waals surface area (Å²) in [5, 5.41) is 10.6. The number of Topliss-reactive ketones (excluding diaryl/α,β-unsaturated/α-hetero) is 1. The molecule has 0 aliphatic rings. The van der Waals surface area contributed by atoms with Gasteiger partial charge < -0.3 is 0 Å². The van der Waals surface area contributed by atoms with Gasteiger partial charge in [0.1, 0.15) is 5.82 Å². The molecule has 0 aromatic heterocycles. The van der Waals surface area contributed by atoms with Crippen LogP contribution in [0.15, 0.2) is 36.4 Å². The maximum absolute atomic E-state index is 13.2. The van der Waals surface area contributed by atoms with Crippen molar-refractivity contribution >= 4 is 23.1 Å². The molecule has 2 aromatic rings. The first kappa shape index (κ1) is 15.1. The first-order chi connectivity index (χ1) is 9.88. The van der Waals surface area contributed by atoms with Crippen LogP contribution in [0.5, 0.6) is 0 Å². The smallest absolute Gasteiger partial charge is 0.294 e. The van der Waals surface area contributed by atoms with Gasteiger partial charge >= 0.3 is 5.69 Å². The lowest BCUT2D eigenvalue weighted by Crippen LogP contribution is -2.05. The van der Waals surface area contributed by atoms with Gasteiger partial charge in [0, 0.05) is 18.1 Å². The number of hydrogen-bond acceptors (Lipinski definition) is 3. The Labute approximate surface area is 123 Å². The van der Waals surface area contributed by atoms with Crippen molar-refractivity contribution in [3.8, 4) is 0 Å². The van der Waals surface area contributed by atoms with Crippen LogP contribution in [0.3, 0.4) is 0 Å². The van der Waals surface area contributed by atoms with Gasteiger partial charge in [-0.3, -0.25) is 14.9 Å². The number of hydrogen-bond donors (Lipinski definition) is 0. The quantitative estimate of drug-likeness (QED) is 0.488. The summed E-state index contributed by atoms with van der Waals surface area (Å²) < 4.78 is 26.1. The third kappa shape index (κ3) is 3.41. The van der Waals surface area contributed by atoms with Gasteiger partial charge in [-0.2, -0.15) is 4.39 Å². The van der Waals surface area contributed by atoms with Crippen molar-refractivity contribution < 1.29 is 18.5 Å². The monoisotopic (exact) mass is 311 g/mol. The molecular formula is C14H8ClF2NO3. The predicted octanol–water partition coefficient (Wildman–Crippen LogP) is 3.95. The van der Waals surface area contributed by atoms with Crippen molar-refractivity contribution in [1.82, 2.24) is 0 Å². The van der Waals surface area contributed by atoms with Crippen LogP contribution in [0.2, 0.25) is 5.02 Å². The highest BCUT2D eigenvalue weighted by Gasteiger charge is 2.17. The zero-order chi connectivity index (χ0) is 15.6. The molecule has 0 unspecified atom stereocenters. The first-order valence-corrected chi connectivity index (χ1v) is 6.17. The molecule has 2 rings (SSSR count). The van der Waals surface area contributed by atoms with Crippen molar-refractivity contribution in [2.75, 3.05) is 0 Å². The Balaban J connectivity index is 2.27. The van der Waals surface area contributed by atoms with Crippen LogP contribution in [0.1, 0.15) is 15.9 Å². The maximum atomic E-state index is 13.2. The Bertz CT molecular complexity index is 734. The van der Waals surface area contributed by atoms with Crippen LogP contribution < -0.4 is 0 Å². The molecule has 7 heteroatoms. The zero-order valence-corrected chi connectivity index (χ0v) is 11.2. The second-order valence-electron chi connectivity index (χ2n) is 4.27. The number of rotatable bonds is 4. The van der Waals surface area contributed by atoms with Crippen LogP contribution in [0, 0.1) is 21.7 Å². The Kier molecular flexibility index (Phi) is 4.28. The number of carbonyl (C=O) groups excluding carboxylic acids is 1. The van der Waals surface area contributed by atoms with Gasteiger partial charge in [0.2, 0.25) is 5.82 Å². The van der Waals surface area contributed by atoms with Crippen molar-refractivity contribution in [3.63, 3.8) is 0 Å². The summed E-state index contributed by atoms with van der Waals surface area (Å²) >= 11 is 5.77. The van der Waals surface area contributed by atoms with E-state index >= 15 is 0 Å². The fourth-order valence-corrected chi connectivity index (χ4v) is 2.08. The van der Waals surface area contributed by atoms with Gasteiger partial charge in [-0.25, -0.2) is 4.39 Å². The van der Waals surface area contributed by atoms with Crippen LogP contribution in [0.25, 0.3) is 0 Å². The molecule has 0 heterocycles. The average molecular weight is 312 g/mol. The molecule has 2 aromatic carbocycles. The highest BCUT2D eigenvalue weighted by atomic mass is 35.5. The number of benzene rings is 2. The Hall–Kier alpha value is -2.34. The van der Waals surface area contributed by atoms with Crippen molar-refractivity contribution in [2.24, 2.45) is 0 Å². The van der Waals surface area contributed by atoms with E-state index in [0.29, 0.717) is 0 Å². The van der Waals surface area contributed by atoms with E-state index in [9.17, 15) is 23.7 Å². The first-order valence-electron chi connectivity index (χ1n) is 5.79. The number of nitrogens with zero attached hydrogens (tertiary/aromatic N) is 1. The summed E-state index contributed by atoms with van der Waals surface area (Å²) in [6, 6.07) is 6.52. The molecular weight excluding hydrogens is 304 g/mol. The Morgan fingerprint density at radius 3 is 2.52 bits per heavy atom. The second kappa shape index (κ2) is 5.97. The van der Waals surface area contributed by atoms with Gasteiger partial charge in [-0.1, -0.05) is 17.7 Å². The lowest BCUT2D eigenvalue weighted by atomic mass is 10.0. The summed E-state index contributed by atoms with van der Waals surface area (Å²) in [5.74, 6) is -1.99. The predicted molar refractivity (Wildman–Crippen MR) is 72.5 cm³/mol. The molecule has 108 valence electrons. The fraction of sp³-hybridized carbons (Fsp3) is 0.0714. The Morgan fingerprint density at radius 1 is 1.19 bits per heavy atom. The van der Waals surface area contributed by atoms with Crippen molar-refractivity contribution in [2.45, 2.75) is 6.42 Å². The lowest BCUT2D eigenvalue weighted by Gasteiger charge is -2.04. The van der Waals surface area contributed by atoms with E-state index in [4.69, 9.17) is 11.6 Å². The largest absolute Gasteiger partial charge is 0.305 e. The van der Waals surface area contributed by atoms with E-state index in [0.717, 1.165) is 24.3 Å². The minimum absolute atomic E-state index is 0.0448. The molecule has 0 spiro atoms. The third-order valence-electron chi connectivity index (χ3n) is 2.80. The highest BCUT2D eigenvalue weighted by molar-refractivity contribution is 6.34. The lowest BCUT2D eigenvalue weighted by molar-refractivity contribution is -0.387. The second-order valence-corrected chi connectivity index (χ2v) is 4.67. The highest BCUT2D eigenvalue weighted by Crippen LogP contribution is 2.22. The molecule has 0 fully saturated rings. The summed E-state index contributed by atoms with van der Waals surface area (Å²) in [5.41, 5.74) is -0.330. The van der Waals surface area contributed by atoms with Crippen molar-refractivity contribution in [1.29, 1.82) is 0 Å². The molecule has 0 aliphatic heterocycles. The molecule has 0 saturated heterocycles. The van der Waals surface area contributed by atoms with Crippen LogP contribution in [-0.4, -0.2) is 10.7 Å². The molecule has 0 aliphatic carbocycles. The van der Waals surface area contributed by atoms with E-state index in [1.165, 1.54) is 12.1 Å². The molecule has 21 heavy (non-hydrogen) atoms. The normalized spacial score (nSPS) is 10.4. The Morgan fingerprint density at radius 2 is 1.90 bits per heavy atom. The van der Waals surface area contributed by atoms with Crippen LogP contribution in [0.4, 0.5) is 14.5 Å². The van der Waals surface area contributed by atoms with E-state index in [-0.39, 0.29) is 22.6 Å². The number of halogens is 3. The minimum Gasteiger partial charge on any atom is -0.294 e. The number of nitro groups is 1. The molecule has 0 saturated carbocycles. The van der Waals surface area contributed by atoms with Gasteiger partial charge in [-0.15, -0.1) is 0 Å². The SMILES string of the molecule is O=C(Cc1ccc(F)c([N+](=O)[O-])c1)c1ccc(F)cc1Cl. The van der Waals surface area contributed by atoms with E-state index in [1.807, 2.05) is 0 Å². The third-order valence-corrected chi connectivity index (χ3v) is 3.12. The molecule has 0 radical (unpaired) electrons. The summed E-state index contributed by atoms with van der Waals surface area (Å²) in [4.78, 5) is 21.8. The van der Waals surface area contributed by atoms with E-state index in [2.05, 4.69) is 0 Å². The van der Waals surface area contributed by atoms with Crippen molar-refractivity contribution in [3.05, 3.63) is 74.3 Å². The number of nitro benzene ring substituents is 1. The standard InChI is InChI=1S/C14H8ClF2NO3/c15-11-7-9(16)2-3-10(11)14(19)6-8-1-4-12(17)13(5-8)18(20)21/h1-5,7H,6H2. The van der Waals surface area contributed by atoms with E-state index in [1.54, 1.807) is 0 Å². The minimum atomic E-state index is -0.976. The van der Waals surface area contributed by atoms with E-state index < -0.39 is 28.0 Å². The van der Waals surface area contributed by atoms with Gasteiger partial charge in [0.25, 0.3) is 0 Å². The van der Waals surface area contributed by atoms with Gasteiger partial charge in [0.05, 0.1) is 9.95 Å². The average Bonchev–Trinajstić information content (AvgIpc) is 2.40.